The Hall–Kier alpha value is -1.66. The van der Waals surface area contributed by atoms with Crippen LogP contribution in [0.1, 0.15) is 24.8 Å². The fraction of sp³-hybridized carbons (Fsp3) is 0.385. The van der Waals surface area contributed by atoms with Gasteiger partial charge in [0.05, 0.1) is 11.2 Å². The van der Waals surface area contributed by atoms with Gasteiger partial charge in [-0.25, -0.2) is 4.39 Å². The summed E-state index contributed by atoms with van der Waals surface area (Å²) in [4.78, 5) is 23.1. The Balaban J connectivity index is 0.00000147. The number of carbonyl (C=O) groups excluding carboxylic acids is 2. The molecule has 108 valence electrons. The summed E-state index contributed by atoms with van der Waals surface area (Å²) in [5.41, 5.74) is 6.24. The number of hydrogen-bond acceptors (Lipinski definition) is 3. The summed E-state index contributed by atoms with van der Waals surface area (Å²) in [6.07, 6.45) is 2.08. The van der Waals surface area contributed by atoms with Crippen LogP contribution in [-0.2, 0) is 16.0 Å². The van der Waals surface area contributed by atoms with Crippen molar-refractivity contribution < 1.29 is 14.0 Å². The van der Waals surface area contributed by atoms with E-state index in [4.69, 9.17) is 5.73 Å². The lowest BCUT2D eigenvalue weighted by Crippen LogP contribution is -2.38. The van der Waals surface area contributed by atoms with Crippen molar-refractivity contribution in [3.63, 3.8) is 0 Å². The summed E-state index contributed by atoms with van der Waals surface area (Å²) in [6, 6.07) is 2.80. The van der Waals surface area contributed by atoms with Crippen molar-refractivity contribution in [3.05, 3.63) is 23.5 Å². The van der Waals surface area contributed by atoms with Crippen LogP contribution in [0.5, 0.6) is 0 Å². The monoisotopic (exact) mass is 299 g/mol. The lowest BCUT2D eigenvalue weighted by molar-refractivity contribution is -0.118. The van der Waals surface area contributed by atoms with Crippen molar-refractivity contribution >= 4 is 35.6 Å². The first kappa shape index (κ1) is 14.7. The van der Waals surface area contributed by atoms with Gasteiger partial charge in [0.25, 0.3) is 0 Å². The molecule has 3 rings (SSSR count). The molecule has 0 atom stereocenters. The molecular formula is C13H15ClFN3O2. The first-order valence-corrected chi connectivity index (χ1v) is 6.20. The SMILES string of the molecule is Cl.NC1(C(=O)Nc2cc3c(cc2F)CCC(=O)N3)CC1. The maximum atomic E-state index is 13.9. The largest absolute Gasteiger partial charge is 0.326 e. The minimum Gasteiger partial charge on any atom is -0.326 e. The molecule has 1 heterocycles. The second kappa shape index (κ2) is 5.03. The molecule has 1 aromatic rings. The molecule has 0 bridgehead atoms. The van der Waals surface area contributed by atoms with Crippen molar-refractivity contribution in [2.24, 2.45) is 5.73 Å². The smallest absolute Gasteiger partial charge is 0.244 e. The first-order valence-electron chi connectivity index (χ1n) is 6.20. The molecule has 1 fully saturated rings. The highest BCUT2D eigenvalue weighted by molar-refractivity contribution is 6.01. The van der Waals surface area contributed by atoms with E-state index in [1.165, 1.54) is 12.1 Å². The van der Waals surface area contributed by atoms with Crippen molar-refractivity contribution in [1.29, 1.82) is 0 Å². The molecule has 20 heavy (non-hydrogen) atoms. The Morgan fingerprint density at radius 1 is 1.35 bits per heavy atom. The zero-order valence-corrected chi connectivity index (χ0v) is 11.5. The predicted molar refractivity (Wildman–Crippen MR) is 75.4 cm³/mol. The molecule has 7 heteroatoms. The zero-order chi connectivity index (χ0) is 13.6. The topological polar surface area (TPSA) is 84.2 Å². The van der Waals surface area contributed by atoms with Crippen molar-refractivity contribution in [3.8, 4) is 0 Å². The molecule has 0 saturated heterocycles. The molecule has 1 aromatic carbocycles. The Morgan fingerprint density at radius 3 is 2.70 bits per heavy atom. The van der Waals surface area contributed by atoms with Crippen LogP contribution >= 0.6 is 12.4 Å². The Morgan fingerprint density at radius 2 is 2.05 bits per heavy atom. The maximum absolute atomic E-state index is 13.9. The van der Waals surface area contributed by atoms with E-state index in [-0.39, 0.29) is 29.9 Å². The lowest BCUT2D eigenvalue weighted by atomic mass is 10.0. The summed E-state index contributed by atoms with van der Waals surface area (Å²) in [7, 11) is 0. The number of anilines is 2. The molecule has 2 aliphatic rings. The lowest BCUT2D eigenvalue weighted by Gasteiger charge is -2.19. The highest BCUT2D eigenvalue weighted by atomic mass is 35.5. The third-order valence-electron chi connectivity index (χ3n) is 3.58. The number of carbonyl (C=O) groups is 2. The van der Waals surface area contributed by atoms with E-state index in [2.05, 4.69) is 10.6 Å². The Bertz CT molecular complexity index is 587. The molecule has 1 aliphatic carbocycles. The van der Waals surface area contributed by atoms with Crippen molar-refractivity contribution in [1.82, 2.24) is 0 Å². The molecule has 4 N–H and O–H groups in total. The summed E-state index contributed by atoms with van der Waals surface area (Å²) < 4.78 is 13.9. The second-order valence-electron chi connectivity index (χ2n) is 5.15. The van der Waals surface area contributed by atoms with Crippen molar-refractivity contribution in [2.45, 2.75) is 31.2 Å². The number of rotatable bonds is 2. The molecular weight excluding hydrogens is 285 g/mol. The quantitative estimate of drug-likeness (QED) is 0.775. The summed E-state index contributed by atoms with van der Waals surface area (Å²) >= 11 is 0. The van der Waals surface area contributed by atoms with Crippen LogP contribution in [-0.4, -0.2) is 17.4 Å². The van der Waals surface area contributed by atoms with Gasteiger partial charge in [0.2, 0.25) is 11.8 Å². The third-order valence-corrected chi connectivity index (χ3v) is 3.58. The van der Waals surface area contributed by atoms with Gasteiger partial charge >= 0.3 is 0 Å². The second-order valence-corrected chi connectivity index (χ2v) is 5.15. The molecule has 5 nitrogen and oxygen atoms in total. The zero-order valence-electron chi connectivity index (χ0n) is 10.7. The van der Waals surface area contributed by atoms with E-state index >= 15 is 0 Å². The number of nitrogens with two attached hydrogens (primary N) is 1. The third kappa shape index (κ3) is 2.62. The Kier molecular flexibility index (Phi) is 3.71. The van der Waals surface area contributed by atoms with Crippen LogP contribution in [0, 0.1) is 5.82 Å². The minimum absolute atomic E-state index is 0. The fourth-order valence-corrected chi connectivity index (χ4v) is 2.10. The highest BCUT2D eigenvalue weighted by Gasteiger charge is 2.46. The van der Waals surface area contributed by atoms with Crippen LogP contribution in [0.15, 0.2) is 12.1 Å². The van der Waals surface area contributed by atoms with E-state index in [1.807, 2.05) is 0 Å². The van der Waals surface area contributed by atoms with E-state index < -0.39 is 11.4 Å². The fourth-order valence-electron chi connectivity index (χ4n) is 2.10. The van der Waals surface area contributed by atoms with E-state index in [9.17, 15) is 14.0 Å². The molecule has 2 amide bonds. The van der Waals surface area contributed by atoms with Gasteiger partial charge in [0.15, 0.2) is 0 Å². The van der Waals surface area contributed by atoms with Gasteiger partial charge in [-0.15, -0.1) is 12.4 Å². The summed E-state index contributed by atoms with van der Waals surface area (Å²) in [6.45, 7) is 0. The standard InChI is InChI=1S/C13H14FN3O2.ClH/c14-8-5-7-1-2-11(18)16-9(7)6-10(8)17-12(19)13(15)3-4-13;/h5-6H,1-4,15H2,(H,16,18)(H,17,19);1H. The normalized spacial score (nSPS) is 18.4. The van der Waals surface area contributed by atoms with Gasteiger partial charge < -0.3 is 16.4 Å². The van der Waals surface area contributed by atoms with Crippen LogP contribution in [0.2, 0.25) is 0 Å². The molecule has 0 radical (unpaired) electrons. The van der Waals surface area contributed by atoms with Gasteiger partial charge in [-0.2, -0.15) is 0 Å². The van der Waals surface area contributed by atoms with Crippen molar-refractivity contribution in [2.75, 3.05) is 10.6 Å². The molecule has 1 saturated carbocycles. The predicted octanol–water partition coefficient (Wildman–Crippen LogP) is 1.56. The van der Waals surface area contributed by atoms with Gasteiger partial charge in [0.1, 0.15) is 5.82 Å². The number of benzene rings is 1. The van der Waals surface area contributed by atoms with Gasteiger partial charge in [-0.3, -0.25) is 9.59 Å². The van der Waals surface area contributed by atoms with Crippen LogP contribution in [0.25, 0.3) is 0 Å². The number of nitrogens with one attached hydrogen (secondary N) is 2. The average Bonchev–Trinajstić information content (AvgIpc) is 3.10. The summed E-state index contributed by atoms with van der Waals surface area (Å²) in [5.74, 6) is -0.991. The summed E-state index contributed by atoms with van der Waals surface area (Å²) in [5, 5.41) is 5.15. The molecule has 0 spiro atoms. The van der Waals surface area contributed by atoms with Gasteiger partial charge in [0, 0.05) is 12.1 Å². The van der Waals surface area contributed by atoms with E-state index in [0.717, 1.165) is 5.56 Å². The van der Waals surface area contributed by atoms with Crippen LogP contribution in [0.4, 0.5) is 15.8 Å². The number of aryl methyl sites for hydroxylation is 1. The highest BCUT2D eigenvalue weighted by Crippen LogP contribution is 2.34. The first-order chi connectivity index (χ1) is 8.98. The van der Waals surface area contributed by atoms with E-state index in [1.54, 1.807) is 0 Å². The number of halogens is 2. The van der Waals surface area contributed by atoms with Gasteiger partial charge in [-0.05, 0) is 37.0 Å². The number of amides is 2. The number of hydrogen-bond donors (Lipinski definition) is 3. The van der Waals surface area contributed by atoms with Crippen LogP contribution in [0.3, 0.4) is 0 Å². The minimum atomic E-state index is -0.856. The molecule has 0 unspecified atom stereocenters. The molecule has 0 aromatic heterocycles. The van der Waals surface area contributed by atoms with Crippen LogP contribution < -0.4 is 16.4 Å². The van der Waals surface area contributed by atoms with E-state index in [0.29, 0.717) is 31.4 Å². The Labute approximate surface area is 121 Å². The molecule has 1 aliphatic heterocycles. The average molecular weight is 300 g/mol. The van der Waals surface area contributed by atoms with Gasteiger partial charge in [-0.1, -0.05) is 0 Å². The number of fused-ring (bicyclic) bond motifs is 1. The maximum Gasteiger partial charge on any atom is 0.244 e.